The molecule has 0 aromatic heterocycles. The maximum absolute atomic E-state index is 12.8. The Morgan fingerprint density at radius 3 is 3.10 bits per heavy atom. The lowest BCUT2D eigenvalue weighted by molar-refractivity contribution is -0.123. The van der Waals surface area contributed by atoms with Crippen LogP contribution in [0.3, 0.4) is 0 Å². The van der Waals surface area contributed by atoms with E-state index in [0.717, 1.165) is 43.6 Å². The van der Waals surface area contributed by atoms with Crippen molar-refractivity contribution >= 4 is 17.5 Å². The van der Waals surface area contributed by atoms with Gasteiger partial charge in [-0.3, -0.25) is 9.59 Å². The van der Waals surface area contributed by atoms with E-state index in [0.29, 0.717) is 6.54 Å². The first-order valence-corrected chi connectivity index (χ1v) is 7.69. The molecular weight excluding hydrogens is 266 g/mol. The summed E-state index contributed by atoms with van der Waals surface area (Å²) >= 11 is 0. The molecule has 3 heterocycles. The predicted molar refractivity (Wildman–Crippen MR) is 79.2 cm³/mol. The third-order valence-electron chi connectivity index (χ3n) is 4.93. The van der Waals surface area contributed by atoms with Crippen molar-refractivity contribution in [3.05, 3.63) is 29.3 Å². The monoisotopic (exact) mass is 285 g/mol. The highest BCUT2D eigenvalue weighted by atomic mass is 16.2. The maximum Gasteiger partial charge on any atom is 0.254 e. The topological polar surface area (TPSA) is 61.4 Å². The van der Waals surface area contributed by atoms with E-state index in [2.05, 4.69) is 10.6 Å². The van der Waals surface area contributed by atoms with Gasteiger partial charge < -0.3 is 15.5 Å². The second-order valence-electron chi connectivity index (χ2n) is 6.11. The fraction of sp³-hybridized carbons (Fsp3) is 0.500. The molecule has 0 aliphatic carbocycles. The summed E-state index contributed by atoms with van der Waals surface area (Å²) in [6, 6.07) is 5.95. The highest BCUT2D eigenvalue weighted by molar-refractivity contribution is 5.96. The molecule has 2 N–H and O–H groups in total. The van der Waals surface area contributed by atoms with Crippen LogP contribution in [0.1, 0.15) is 28.8 Å². The van der Waals surface area contributed by atoms with Crippen molar-refractivity contribution < 1.29 is 9.59 Å². The molecule has 2 unspecified atom stereocenters. The number of rotatable bonds is 1. The fourth-order valence-electron chi connectivity index (χ4n) is 3.79. The fourth-order valence-corrected chi connectivity index (χ4v) is 3.79. The number of carbonyl (C=O) groups is 2. The summed E-state index contributed by atoms with van der Waals surface area (Å²) in [5.41, 5.74) is 3.08. The van der Waals surface area contributed by atoms with E-state index < -0.39 is 0 Å². The number of hydrogen-bond acceptors (Lipinski definition) is 3. The average Bonchev–Trinajstić information content (AvgIpc) is 3.12. The van der Waals surface area contributed by atoms with Crippen LogP contribution in [0.5, 0.6) is 0 Å². The van der Waals surface area contributed by atoms with Crippen molar-refractivity contribution in [3.63, 3.8) is 0 Å². The van der Waals surface area contributed by atoms with Gasteiger partial charge in [-0.1, -0.05) is 6.07 Å². The molecule has 0 radical (unpaired) electrons. The van der Waals surface area contributed by atoms with Gasteiger partial charge in [-0.15, -0.1) is 0 Å². The zero-order valence-electron chi connectivity index (χ0n) is 11.9. The number of likely N-dealkylation sites (tertiary alicyclic amines) is 1. The molecule has 5 heteroatoms. The van der Waals surface area contributed by atoms with Gasteiger partial charge in [0.25, 0.3) is 5.91 Å². The number of fused-ring (bicyclic) bond motifs is 2. The standard InChI is InChI=1S/C16H19N3O2/c20-15-12-2-1-7-19(14(12)9-18-15)16(21)11-4-3-10-5-6-17-13(10)8-11/h3-4,8,12,14,17H,1-2,5-7,9H2,(H,18,20). The summed E-state index contributed by atoms with van der Waals surface area (Å²) in [4.78, 5) is 26.5. The maximum atomic E-state index is 12.8. The van der Waals surface area contributed by atoms with E-state index in [1.54, 1.807) is 0 Å². The van der Waals surface area contributed by atoms with Gasteiger partial charge >= 0.3 is 0 Å². The lowest BCUT2D eigenvalue weighted by atomic mass is 9.91. The molecule has 0 bridgehead atoms. The molecule has 3 aliphatic rings. The van der Waals surface area contributed by atoms with Crippen molar-refractivity contribution in [1.29, 1.82) is 0 Å². The lowest BCUT2D eigenvalue weighted by Gasteiger charge is -2.36. The number of nitrogens with zero attached hydrogens (tertiary/aromatic N) is 1. The van der Waals surface area contributed by atoms with Gasteiger partial charge in [0.05, 0.1) is 12.0 Å². The number of amides is 2. The van der Waals surface area contributed by atoms with Gasteiger partial charge in [0.1, 0.15) is 0 Å². The van der Waals surface area contributed by atoms with Crippen LogP contribution in [0, 0.1) is 5.92 Å². The third-order valence-corrected chi connectivity index (χ3v) is 4.93. The lowest BCUT2D eigenvalue weighted by Crippen LogP contribution is -2.48. The first-order valence-electron chi connectivity index (χ1n) is 7.69. The number of piperidine rings is 1. The summed E-state index contributed by atoms with van der Waals surface area (Å²) in [5, 5.41) is 6.21. The Balaban J connectivity index is 1.60. The van der Waals surface area contributed by atoms with Crippen LogP contribution >= 0.6 is 0 Å². The van der Waals surface area contributed by atoms with Crippen molar-refractivity contribution in [1.82, 2.24) is 10.2 Å². The molecule has 0 spiro atoms. The summed E-state index contributed by atoms with van der Waals surface area (Å²) in [6.07, 6.45) is 2.83. The Morgan fingerprint density at radius 2 is 2.19 bits per heavy atom. The van der Waals surface area contributed by atoms with E-state index in [1.807, 2.05) is 23.1 Å². The van der Waals surface area contributed by atoms with Crippen LogP contribution < -0.4 is 10.6 Å². The number of hydrogen-bond donors (Lipinski definition) is 2. The largest absolute Gasteiger partial charge is 0.384 e. The Bertz CT molecular complexity index is 614. The highest BCUT2D eigenvalue weighted by Gasteiger charge is 2.42. The molecule has 2 amide bonds. The van der Waals surface area contributed by atoms with Crippen LogP contribution in [0.2, 0.25) is 0 Å². The van der Waals surface area contributed by atoms with Crippen molar-refractivity contribution in [2.45, 2.75) is 25.3 Å². The Hall–Kier alpha value is -2.04. The third kappa shape index (κ3) is 1.99. The van der Waals surface area contributed by atoms with E-state index >= 15 is 0 Å². The molecule has 0 saturated carbocycles. The smallest absolute Gasteiger partial charge is 0.254 e. The summed E-state index contributed by atoms with van der Waals surface area (Å²) in [7, 11) is 0. The van der Waals surface area contributed by atoms with Gasteiger partial charge in [-0.2, -0.15) is 0 Å². The van der Waals surface area contributed by atoms with Crippen LogP contribution in [-0.2, 0) is 11.2 Å². The van der Waals surface area contributed by atoms with Crippen molar-refractivity contribution in [2.24, 2.45) is 5.92 Å². The molecule has 4 rings (SSSR count). The van der Waals surface area contributed by atoms with Crippen LogP contribution in [0.15, 0.2) is 18.2 Å². The van der Waals surface area contributed by atoms with Gasteiger partial charge in [0.15, 0.2) is 0 Å². The molecule has 110 valence electrons. The van der Waals surface area contributed by atoms with Crippen molar-refractivity contribution in [3.8, 4) is 0 Å². The molecule has 2 atom stereocenters. The van der Waals surface area contributed by atoms with Gasteiger partial charge in [0, 0.05) is 30.9 Å². The second kappa shape index (κ2) is 4.76. The Labute approximate surface area is 123 Å². The minimum atomic E-state index is -0.0183. The Kier molecular flexibility index (Phi) is 2.87. The van der Waals surface area contributed by atoms with E-state index in [1.165, 1.54) is 5.56 Å². The zero-order chi connectivity index (χ0) is 14.4. The quantitative estimate of drug-likeness (QED) is 0.809. The SMILES string of the molecule is O=C1NCC2C1CCCN2C(=O)c1ccc2c(c1)NCC2. The van der Waals surface area contributed by atoms with Crippen LogP contribution in [0.25, 0.3) is 0 Å². The number of anilines is 1. The summed E-state index contributed by atoms with van der Waals surface area (Å²) in [5.74, 6) is 0.140. The molecule has 3 aliphatic heterocycles. The number of nitrogens with one attached hydrogen (secondary N) is 2. The van der Waals surface area contributed by atoms with Crippen molar-refractivity contribution in [2.75, 3.05) is 25.0 Å². The molecule has 2 saturated heterocycles. The molecular formula is C16H19N3O2. The van der Waals surface area contributed by atoms with Crippen LogP contribution in [-0.4, -0.2) is 42.4 Å². The minimum Gasteiger partial charge on any atom is -0.384 e. The second-order valence-corrected chi connectivity index (χ2v) is 6.11. The highest BCUT2D eigenvalue weighted by Crippen LogP contribution is 2.30. The van der Waals surface area contributed by atoms with E-state index in [-0.39, 0.29) is 23.8 Å². The normalized spacial score (nSPS) is 26.9. The van der Waals surface area contributed by atoms with Crippen LogP contribution in [0.4, 0.5) is 5.69 Å². The predicted octanol–water partition coefficient (Wildman–Crippen LogP) is 1.01. The zero-order valence-corrected chi connectivity index (χ0v) is 11.9. The Morgan fingerprint density at radius 1 is 1.29 bits per heavy atom. The van der Waals surface area contributed by atoms with E-state index in [4.69, 9.17) is 0 Å². The van der Waals surface area contributed by atoms with Gasteiger partial charge in [-0.25, -0.2) is 0 Å². The molecule has 1 aromatic rings. The average molecular weight is 285 g/mol. The first kappa shape index (κ1) is 12.7. The minimum absolute atomic E-state index is 0.0183. The van der Waals surface area contributed by atoms with E-state index in [9.17, 15) is 9.59 Å². The van der Waals surface area contributed by atoms with Gasteiger partial charge in [0.2, 0.25) is 5.91 Å². The van der Waals surface area contributed by atoms with Gasteiger partial charge in [-0.05, 0) is 37.0 Å². The summed E-state index contributed by atoms with van der Waals surface area (Å²) in [6.45, 7) is 2.29. The molecule has 2 fully saturated rings. The molecule has 5 nitrogen and oxygen atoms in total. The number of carbonyl (C=O) groups excluding carboxylic acids is 2. The molecule has 21 heavy (non-hydrogen) atoms. The first-order chi connectivity index (χ1) is 10.2. The number of benzene rings is 1. The molecule has 1 aromatic carbocycles. The summed E-state index contributed by atoms with van der Waals surface area (Å²) < 4.78 is 0.